The summed E-state index contributed by atoms with van der Waals surface area (Å²) in [4.78, 5) is 15.9. The molecule has 1 N–H and O–H groups in total. The number of fused-ring (bicyclic) bond motifs is 2. The van der Waals surface area contributed by atoms with Crippen LogP contribution in [0.15, 0.2) is 65.4 Å². The number of aryl methyl sites for hydroxylation is 1. The number of hydrogen-bond donors (Lipinski definition) is 1. The van der Waals surface area contributed by atoms with Gasteiger partial charge in [0, 0.05) is 10.6 Å². The summed E-state index contributed by atoms with van der Waals surface area (Å²) < 4.78 is 5.34. The van der Waals surface area contributed by atoms with Gasteiger partial charge in [-0.2, -0.15) is 0 Å². The molecule has 28 heavy (non-hydrogen) atoms. The van der Waals surface area contributed by atoms with E-state index < -0.39 is 11.9 Å². The standard InChI is InChI=1S/C23H16ClNO3/c24-19-3-1-2-16(22(19)15-7-9-21-20(11-15)25-12-28-21)14-5-4-13-6-8-17(23(26)27)18(13)10-14/h1-5,7,9-12,17H,6,8H2,(H,26,27). The van der Waals surface area contributed by atoms with E-state index in [9.17, 15) is 9.90 Å². The summed E-state index contributed by atoms with van der Waals surface area (Å²) in [6, 6.07) is 17.7. The highest BCUT2D eigenvalue weighted by molar-refractivity contribution is 6.34. The average Bonchev–Trinajstić information content (AvgIpc) is 3.33. The van der Waals surface area contributed by atoms with Crippen LogP contribution in [0.5, 0.6) is 0 Å². The molecule has 1 unspecified atom stereocenters. The largest absolute Gasteiger partial charge is 0.481 e. The number of rotatable bonds is 3. The third kappa shape index (κ3) is 2.69. The van der Waals surface area contributed by atoms with Crippen molar-refractivity contribution in [3.05, 3.63) is 77.1 Å². The molecule has 1 atom stereocenters. The van der Waals surface area contributed by atoms with Crippen molar-refractivity contribution in [1.82, 2.24) is 4.98 Å². The van der Waals surface area contributed by atoms with Crippen LogP contribution in [0.25, 0.3) is 33.4 Å². The second-order valence-electron chi connectivity index (χ2n) is 7.04. The van der Waals surface area contributed by atoms with Gasteiger partial charge in [-0.3, -0.25) is 4.79 Å². The second-order valence-corrected chi connectivity index (χ2v) is 7.45. The van der Waals surface area contributed by atoms with Gasteiger partial charge in [0.2, 0.25) is 0 Å². The lowest BCUT2D eigenvalue weighted by molar-refractivity contribution is -0.138. The van der Waals surface area contributed by atoms with Crippen molar-refractivity contribution in [2.45, 2.75) is 18.8 Å². The normalized spacial score (nSPS) is 15.7. The summed E-state index contributed by atoms with van der Waals surface area (Å²) >= 11 is 6.60. The van der Waals surface area contributed by atoms with Gasteiger partial charge in [-0.15, -0.1) is 0 Å². The first-order valence-corrected chi connectivity index (χ1v) is 9.48. The van der Waals surface area contributed by atoms with Gasteiger partial charge in [0.05, 0.1) is 5.92 Å². The average molecular weight is 390 g/mol. The zero-order chi connectivity index (χ0) is 19.3. The highest BCUT2D eigenvalue weighted by Crippen LogP contribution is 2.41. The molecule has 3 aromatic carbocycles. The number of carbonyl (C=O) groups is 1. The lowest BCUT2D eigenvalue weighted by Gasteiger charge is -2.14. The first-order chi connectivity index (χ1) is 13.6. The molecule has 4 nitrogen and oxygen atoms in total. The first-order valence-electron chi connectivity index (χ1n) is 9.10. The minimum Gasteiger partial charge on any atom is -0.481 e. The first kappa shape index (κ1) is 17.0. The van der Waals surface area contributed by atoms with Gasteiger partial charge in [-0.25, -0.2) is 4.98 Å². The molecule has 5 rings (SSSR count). The predicted octanol–water partition coefficient (Wildman–Crippen LogP) is 5.93. The Kier molecular flexibility index (Phi) is 3.95. The minimum atomic E-state index is -0.765. The molecule has 0 fully saturated rings. The maximum atomic E-state index is 11.6. The SMILES string of the molecule is O=C(O)C1CCc2ccc(-c3cccc(Cl)c3-c3ccc4ocnc4c3)cc21. The monoisotopic (exact) mass is 389 g/mol. The summed E-state index contributed by atoms with van der Waals surface area (Å²) in [5, 5.41) is 10.2. The van der Waals surface area contributed by atoms with E-state index in [2.05, 4.69) is 4.98 Å². The van der Waals surface area contributed by atoms with Crippen molar-refractivity contribution in [1.29, 1.82) is 0 Å². The molecule has 0 spiro atoms. The second kappa shape index (κ2) is 6.50. The number of aromatic nitrogens is 1. The van der Waals surface area contributed by atoms with Gasteiger partial charge in [0.25, 0.3) is 0 Å². The Hall–Kier alpha value is -3.11. The summed E-state index contributed by atoms with van der Waals surface area (Å²) in [7, 11) is 0. The zero-order valence-electron chi connectivity index (χ0n) is 14.9. The van der Waals surface area contributed by atoms with E-state index in [1.807, 2.05) is 54.6 Å². The van der Waals surface area contributed by atoms with E-state index in [0.717, 1.165) is 50.9 Å². The number of nitrogens with zero attached hydrogens (tertiary/aromatic N) is 1. The number of halogens is 1. The molecule has 1 aromatic heterocycles. The molecule has 4 aromatic rings. The number of benzene rings is 3. The number of carboxylic acid groups (broad SMARTS) is 1. The van der Waals surface area contributed by atoms with E-state index in [1.54, 1.807) is 0 Å². The Morgan fingerprint density at radius 1 is 1.11 bits per heavy atom. The van der Waals surface area contributed by atoms with Crippen LogP contribution in [0.3, 0.4) is 0 Å². The molecule has 0 amide bonds. The fourth-order valence-corrected chi connectivity index (χ4v) is 4.38. The molecule has 1 aliphatic rings. The van der Waals surface area contributed by atoms with Gasteiger partial charge in [-0.05, 0) is 64.9 Å². The number of carboxylic acids is 1. The molecule has 5 heteroatoms. The van der Waals surface area contributed by atoms with Crippen molar-refractivity contribution < 1.29 is 14.3 Å². The highest BCUT2D eigenvalue weighted by Gasteiger charge is 2.28. The van der Waals surface area contributed by atoms with Gasteiger partial charge in [-0.1, -0.05) is 41.9 Å². The lowest BCUT2D eigenvalue weighted by atomic mass is 9.91. The molecule has 0 aliphatic heterocycles. The number of aliphatic carboxylic acids is 1. The fourth-order valence-electron chi connectivity index (χ4n) is 4.10. The Bertz CT molecular complexity index is 1230. The Labute approximate surface area is 166 Å². The molecule has 0 bridgehead atoms. The summed E-state index contributed by atoms with van der Waals surface area (Å²) in [6.45, 7) is 0. The summed E-state index contributed by atoms with van der Waals surface area (Å²) in [6.07, 6.45) is 2.88. The van der Waals surface area contributed by atoms with E-state index in [1.165, 1.54) is 6.39 Å². The zero-order valence-corrected chi connectivity index (χ0v) is 15.6. The van der Waals surface area contributed by atoms with Gasteiger partial charge in [0.15, 0.2) is 12.0 Å². The quantitative estimate of drug-likeness (QED) is 0.471. The van der Waals surface area contributed by atoms with Crippen LogP contribution in [0.4, 0.5) is 0 Å². The number of oxazole rings is 1. The molecule has 1 heterocycles. The van der Waals surface area contributed by atoms with E-state index in [4.69, 9.17) is 16.0 Å². The lowest BCUT2D eigenvalue weighted by Crippen LogP contribution is -2.07. The van der Waals surface area contributed by atoms with E-state index in [-0.39, 0.29) is 0 Å². The van der Waals surface area contributed by atoms with Crippen LogP contribution in [-0.4, -0.2) is 16.1 Å². The molecular weight excluding hydrogens is 374 g/mol. The topological polar surface area (TPSA) is 63.3 Å². The van der Waals surface area contributed by atoms with Crippen LogP contribution in [0.2, 0.25) is 5.02 Å². The molecule has 1 aliphatic carbocycles. The van der Waals surface area contributed by atoms with Crippen LogP contribution >= 0.6 is 11.6 Å². The van der Waals surface area contributed by atoms with Crippen molar-refractivity contribution in [3.63, 3.8) is 0 Å². The maximum Gasteiger partial charge on any atom is 0.310 e. The molecule has 138 valence electrons. The van der Waals surface area contributed by atoms with Gasteiger partial charge >= 0.3 is 5.97 Å². The van der Waals surface area contributed by atoms with Crippen LogP contribution in [0, 0.1) is 0 Å². The Balaban J connectivity index is 1.69. The smallest absolute Gasteiger partial charge is 0.310 e. The maximum absolute atomic E-state index is 11.6. The fraction of sp³-hybridized carbons (Fsp3) is 0.130. The highest BCUT2D eigenvalue weighted by atomic mass is 35.5. The van der Waals surface area contributed by atoms with Crippen LogP contribution in [-0.2, 0) is 11.2 Å². The van der Waals surface area contributed by atoms with Crippen molar-refractivity contribution in [2.24, 2.45) is 0 Å². The van der Waals surface area contributed by atoms with Gasteiger partial charge in [0.1, 0.15) is 5.52 Å². The molecule has 0 radical (unpaired) electrons. The summed E-state index contributed by atoms with van der Waals surface area (Å²) in [5.41, 5.74) is 7.28. The third-order valence-corrected chi connectivity index (χ3v) is 5.78. The molecule has 0 saturated carbocycles. The minimum absolute atomic E-state index is 0.441. The third-order valence-electron chi connectivity index (χ3n) is 5.47. The van der Waals surface area contributed by atoms with Crippen LogP contribution in [0.1, 0.15) is 23.5 Å². The van der Waals surface area contributed by atoms with E-state index >= 15 is 0 Å². The summed E-state index contributed by atoms with van der Waals surface area (Å²) in [5.74, 6) is -1.21. The number of hydrogen-bond acceptors (Lipinski definition) is 3. The van der Waals surface area contributed by atoms with Gasteiger partial charge < -0.3 is 9.52 Å². The van der Waals surface area contributed by atoms with Crippen molar-refractivity contribution in [3.8, 4) is 22.3 Å². The Morgan fingerprint density at radius 3 is 2.82 bits per heavy atom. The molecular formula is C23H16ClNO3. The molecule has 0 saturated heterocycles. The van der Waals surface area contributed by atoms with Crippen molar-refractivity contribution in [2.75, 3.05) is 0 Å². The van der Waals surface area contributed by atoms with Crippen molar-refractivity contribution >= 4 is 28.7 Å². The Morgan fingerprint density at radius 2 is 1.96 bits per heavy atom. The van der Waals surface area contributed by atoms with Crippen LogP contribution < -0.4 is 0 Å². The van der Waals surface area contributed by atoms with E-state index in [0.29, 0.717) is 11.4 Å². The predicted molar refractivity (Wildman–Crippen MR) is 109 cm³/mol.